The summed E-state index contributed by atoms with van der Waals surface area (Å²) in [6, 6.07) is 6.27. The molecule has 0 amide bonds. The number of hydrogen-bond donors (Lipinski definition) is 2. The zero-order valence-electron chi connectivity index (χ0n) is 12.3. The van der Waals surface area contributed by atoms with E-state index in [1.807, 2.05) is 6.92 Å². The first kappa shape index (κ1) is 15.6. The van der Waals surface area contributed by atoms with Crippen molar-refractivity contribution in [1.29, 1.82) is 0 Å². The Balaban J connectivity index is 2.47. The lowest BCUT2D eigenvalue weighted by molar-refractivity contribution is -0.136. The van der Waals surface area contributed by atoms with Crippen LogP contribution < -0.4 is 15.0 Å². The van der Waals surface area contributed by atoms with Gasteiger partial charge >= 0.3 is 5.97 Å². The van der Waals surface area contributed by atoms with Crippen LogP contribution in [-0.2, 0) is 11.2 Å². The average molecular weight is 304 g/mol. The lowest BCUT2D eigenvalue weighted by atomic mass is 10.1. The second kappa shape index (κ2) is 6.75. The number of nitrogens with one attached hydrogen (secondary N) is 1. The molecule has 0 bridgehead atoms. The maximum absolute atomic E-state index is 11.7. The molecule has 0 spiro atoms. The summed E-state index contributed by atoms with van der Waals surface area (Å²) in [7, 11) is 1.53. The van der Waals surface area contributed by atoms with Gasteiger partial charge in [0, 0.05) is 11.6 Å². The van der Waals surface area contributed by atoms with E-state index in [2.05, 4.69) is 9.97 Å². The van der Waals surface area contributed by atoms with E-state index in [-0.39, 0.29) is 17.9 Å². The lowest BCUT2D eigenvalue weighted by Crippen LogP contribution is -2.13. The number of methoxy groups -OCH3 is 1. The Morgan fingerprint density at radius 1 is 1.32 bits per heavy atom. The fourth-order valence-electron chi connectivity index (χ4n) is 1.98. The second-order valence-corrected chi connectivity index (χ2v) is 4.45. The van der Waals surface area contributed by atoms with Gasteiger partial charge in [-0.05, 0) is 25.1 Å². The first-order chi connectivity index (χ1) is 10.5. The normalized spacial score (nSPS) is 10.3. The highest BCUT2D eigenvalue weighted by Crippen LogP contribution is 2.31. The number of aromatic nitrogens is 2. The van der Waals surface area contributed by atoms with Crippen LogP contribution in [0.5, 0.6) is 11.5 Å². The highest BCUT2D eigenvalue weighted by atomic mass is 16.5. The van der Waals surface area contributed by atoms with E-state index in [0.29, 0.717) is 23.7 Å². The Bertz CT molecular complexity index is 739. The monoisotopic (exact) mass is 304 g/mol. The van der Waals surface area contributed by atoms with Gasteiger partial charge in [0.25, 0.3) is 5.56 Å². The number of H-pyrrole nitrogens is 1. The van der Waals surface area contributed by atoms with Gasteiger partial charge in [-0.3, -0.25) is 9.59 Å². The fourth-order valence-corrected chi connectivity index (χ4v) is 1.98. The first-order valence-corrected chi connectivity index (χ1v) is 6.66. The number of aromatic amines is 1. The molecule has 2 aromatic rings. The minimum Gasteiger partial charge on any atom is -0.493 e. The van der Waals surface area contributed by atoms with Crippen molar-refractivity contribution < 1.29 is 19.4 Å². The summed E-state index contributed by atoms with van der Waals surface area (Å²) in [6.07, 6.45) is -0.314. The van der Waals surface area contributed by atoms with Crippen molar-refractivity contribution in [2.24, 2.45) is 0 Å². The zero-order valence-corrected chi connectivity index (χ0v) is 12.3. The van der Waals surface area contributed by atoms with E-state index in [1.54, 1.807) is 18.2 Å². The summed E-state index contributed by atoms with van der Waals surface area (Å²) in [4.78, 5) is 29.2. The Kier molecular flexibility index (Phi) is 4.77. The van der Waals surface area contributed by atoms with Gasteiger partial charge in [-0.1, -0.05) is 0 Å². The van der Waals surface area contributed by atoms with E-state index in [0.717, 1.165) is 0 Å². The number of rotatable bonds is 6. The number of nitrogens with zero attached hydrogens (tertiary/aromatic N) is 1. The number of ether oxygens (including phenoxy) is 2. The molecular weight excluding hydrogens is 288 g/mol. The summed E-state index contributed by atoms with van der Waals surface area (Å²) in [5, 5.41) is 8.81. The SMILES string of the molecule is CCOc1cc(-c2nc(CC(=O)O)cc(=O)[nH]2)ccc1OC. The summed E-state index contributed by atoms with van der Waals surface area (Å²) in [6.45, 7) is 2.31. The topological polar surface area (TPSA) is 102 Å². The predicted molar refractivity (Wildman–Crippen MR) is 79.4 cm³/mol. The quantitative estimate of drug-likeness (QED) is 0.838. The van der Waals surface area contributed by atoms with Crippen molar-refractivity contribution in [1.82, 2.24) is 9.97 Å². The van der Waals surface area contributed by atoms with Gasteiger partial charge in [0.15, 0.2) is 11.5 Å². The molecule has 0 saturated carbocycles. The molecule has 0 aliphatic carbocycles. The summed E-state index contributed by atoms with van der Waals surface area (Å²) >= 11 is 0. The van der Waals surface area contributed by atoms with Crippen LogP contribution in [0.4, 0.5) is 0 Å². The minimum absolute atomic E-state index is 0.194. The van der Waals surface area contributed by atoms with Gasteiger partial charge in [0.2, 0.25) is 0 Å². The van der Waals surface area contributed by atoms with Crippen molar-refractivity contribution in [2.75, 3.05) is 13.7 Å². The van der Waals surface area contributed by atoms with Crippen LogP contribution in [-0.4, -0.2) is 34.8 Å². The number of benzene rings is 1. The molecule has 0 unspecified atom stereocenters. The largest absolute Gasteiger partial charge is 0.493 e. The molecule has 0 radical (unpaired) electrons. The Labute approximate surface area is 126 Å². The predicted octanol–water partition coefficient (Wildman–Crippen LogP) is 1.47. The molecule has 1 aromatic heterocycles. The number of carbonyl (C=O) groups is 1. The van der Waals surface area contributed by atoms with E-state index >= 15 is 0 Å². The minimum atomic E-state index is -1.05. The molecule has 7 nitrogen and oxygen atoms in total. The van der Waals surface area contributed by atoms with Crippen LogP contribution in [0.25, 0.3) is 11.4 Å². The zero-order chi connectivity index (χ0) is 16.1. The van der Waals surface area contributed by atoms with Crippen LogP contribution in [0.2, 0.25) is 0 Å². The van der Waals surface area contributed by atoms with Crippen molar-refractivity contribution in [2.45, 2.75) is 13.3 Å². The molecule has 22 heavy (non-hydrogen) atoms. The molecule has 2 rings (SSSR count). The number of aliphatic carboxylic acids is 1. The smallest absolute Gasteiger partial charge is 0.309 e. The van der Waals surface area contributed by atoms with E-state index in [4.69, 9.17) is 14.6 Å². The van der Waals surface area contributed by atoms with E-state index < -0.39 is 11.5 Å². The highest BCUT2D eigenvalue weighted by Gasteiger charge is 2.11. The van der Waals surface area contributed by atoms with Gasteiger partial charge in [-0.15, -0.1) is 0 Å². The Morgan fingerprint density at radius 3 is 2.73 bits per heavy atom. The molecule has 1 heterocycles. The molecule has 2 N–H and O–H groups in total. The third kappa shape index (κ3) is 3.63. The Hall–Kier alpha value is -2.83. The number of hydrogen-bond acceptors (Lipinski definition) is 5. The van der Waals surface area contributed by atoms with Crippen LogP contribution in [0, 0.1) is 0 Å². The standard InChI is InChI=1S/C15H16N2O5/c1-3-22-12-6-9(4-5-11(12)21-2)15-16-10(8-14(19)20)7-13(18)17-15/h4-7H,3,8H2,1-2H3,(H,19,20)(H,16,17,18). The molecular formula is C15H16N2O5. The maximum atomic E-state index is 11.7. The highest BCUT2D eigenvalue weighted by molar-refractivity contribution is 5.70. The van der Waals surface area contributed by atoms with Gasteiger partial charge in [-0.2, -0.15) is 0 Å². The van der Waals surface area contributed by atoms with Gasteiger partial charge in [0.1, 0.15) is 5.82 Å². The molecule has 0 aliphatic heterocycles. The van der Waals surface area contributed by atoms with Gasteiger partial charge in [0.05, 0.1) is 25.8 Å². The average Bonchev–Trinajstić information content (AvgIpc) is 2.46. The molecule has 0 fully saturated rings. The molecule has 7 heteroatoms. The van der Waals surface area contributed by atoms with Crippen LogP contribution >= 0.6 is 0 Å². The fraction of sp³-hybridized carbons (Fsp3) is 0.267. The third-order valence-corrected chi connectivity index (χ3v) is 2.86. The second-order valence-electron chi connectivity index (χ2n) is 4.45. The third-order valence-electron chi connectivity index (χ3n) is 2.86. The maximum Gasteiger partial charge on any atom is 0.309 e. The van der Waals surface area contributed by atoms with Crippen LogP contribution in [0.1, 0.15) is 12.6 Å². The van der Waals surface area contributed by atoms with Crippen molar-refractivity contribution in [3.8, 4) is 22.9 Å². The first-order valence-electron chi connectivity index (χ1n) is 6.66. The molecule has 0 atom stereocenters. The molecule has 116 valence electrons. The van der Waals surface area contributed by atoms with Crippen molar-refractivity contribution >= 4 is 5.97 Å². The molecule has 0 saturated heterocycles. The van der Waals surface area contributed by atoms with Gasteiger partial charge in [-0.25, -0.2) is 4.98 Å². The summed E-state index contributed by atoms with van der Waals surface area (Å²) < 4.78 is 10.7. The summed E-state index contributed by atoms with van der Waals surface area (Å²) in [5.41, 5.74) is 0.392. The Morgan fingerprint density at radius 2 is 2.09 bits per heavy atom. The van der Waals surface area contributed by atoms with E-state index in [9.17, 15) is 9.59 Å². The van der Waals surface area contributed by atoms with Crippen LogP contribution in [0.15, 0.2) is 29.1 Å². The number of carboxylic acids is 1. The number of carboxylic acid groups (broad SMARTS) is 1. The van der Waals surface area contributed by atoms with E-state index in [1.165, 1.54) is 13.2 Å². The molecule has 0 aliphatic rings. The molecule has 1 aromatic carbocycles. The summed E-state index contributed by atoms with van der Waals surface area (Å²) in [5.74, 6) is 0.324. The van der Waals surface area contributed by atoms with Crippen molar-refractivity contribution in [3.63, 3.8) is 0 Å². The van der Waals surface area contributed by atoms with Crippen molar-refractivity contribution in [3.05, 3.63) is 40.3 Å². The lowest BCUT2D eigenvalue weighted by Gasteiger charge is -2.11. The van der Waals surface area contributed by atoms with Crippen LogP contribution in [0.3, 0.4) is 0 Å². The van der Waals surface area contributed by atoms with Gasteiger partial charge < -0.3 is 19.6 Å².